The van der Waals surface area contributed by atoms with Crippen LogP contribution < -0.4 is 10.2 Å². The van der Waals surface area contributed by atoms with Crippen molar-refractivity contribution in [3.63, 3.8) is 0 Å². The fraction of sp³-hybridized carbons (Fsp3) is 0.545. The number of carbonyl (C=O) groups is 1. The number of anilines is 1. The van der Waals surface area contributed by atoms with Crippen molar-refractivity contribution < 1.29 is 4.79 Å². The molecular formula is C11H15ClN4O. The van der Waals surface area contributed by atoms with Gasteiger partial charge in [0.1, 0.15) is 22.8 Å². The molecule has 92 valence electrons. The van der Waals surface area contributed by atoms with E-state index < -0.39 is 0 Å². The molecule has 1 aliphatic rings. The number of aryl methyl sites for hydroxylation is 1. The van der Waals surface area contributed by atoms with E-state index in [0.29, 0.717) is 17.5 Å². The average Bonchev–Trinajstić information content (AvgIpc) is 2.27. The Morgan fingerprint density at radius 1 is 1.41 bits per heavy atom. The van der Waals surface area contributed by atoms with Crippen LogP contribution in [0.4, 0.5) is 5.82 Å². The van der Waals surface area contributed by atoms with Gasteiger partial charge in [0.2, 0.25) is 5.91 Å². The molecule has 1 amide bonds. The van der Waals surface area contributed by atoms with Crippen LogP contribution in [-0.4, -0.2) is 35.0 Å². The van der Waals surface area contributed by atoms with E-state index in [1.54, 1.807) is 6.92 Å². The third kappa shape index (κ3) is 2.20. The second kappa shape index (κ2) is 4.49. The Labute approximate surface area is 105 Å². The average molecular weight is 255 g/mol. The van der Waals surface area contributed by atoms with Gasteiger partial charge in [0.15, 0.2) is 0 Å². The van der Waals surface area contributed by atoms with Crippen LogP contribution in [0.1, 0.15) is 18.3 Å². The minimum Gasteiger partial charge on any atom is -0.353 e. The van der Waals surface area contributed by atoms with E-state index in [1.807, 2.05) is 18.7 Å². The van der Waals surface area contributed by atoms with Gasteiger partial charge in [-0.1, -0.05) is 11.6 Å². The molecule has 6 heteroatoms. The Hall–Kier alpha value is -1.36. The fourth-order valence-corrected chi connectivity index (χ4v) is 2.14. The van der Waals surface area contributed by atoms with Crippen LogP contribution >= 0.6 is 11.6 Å². The molecule has 1 aromatic heterocycles. The minimum atomic E-state index is -0.229. The molecule has 1 N–H and O–H groups in total. The largest absolute Gasteiger partial charge is 0.353 e. The molecule has 1 atom stereocenters. The first-order valence-corrected chi connectivity index (χ1v) is 5.93. The van der Waals surface area contributed by atoms with Crippen LogP contribution in [0.25, 0.3) is 0 Å². The normalized spacial score (nSPS) is 20.4. The second-order valence-electron chi connectivity index (χ2n) is 4.17. The number of hydrogen-bond donors (Lipinski definition) is 1. The highest BCUT2D eigenvalue weighted by atomic mass is 35.5. The standard InChI is InChI=1S/C11H15ClN4O/c1-6-9(12)14-8(3)15-10(6)16-5-4-13-11(17)7(16)2/h7H,4-5H2,1-3H3,(H,13,17). The van der Waals surface area contributed by atoms with Gasteiger partial charge in [0.25, 0.3) is 0 Å². The summed E-state index contributed by atoms with van der Waals surface area (Å²) in [6, 6.07) is -0.229. The lowest BCUT2D eigenvalue weighted by atomic mass is 10.2. The smallest absolute Gasteiger partial charge is 0.242 e. The maximum atomic E-state index is 11.6. The van der Waals surface area contributed by atoms with E-state index in [9.17, 15) is 4.79 Å². The zero-order chi connectivity index (χ0) is 12.6. The first-order valence-electron chi connectivity index (χ1n) is 5.56. The molecule has 5 nitrogen and oxygen atoms in total. The number of piperazine rings is 1. The highest BCUT2D eigenvalue weighted by molar-refractivity contribution is 6.30. The third-order valence-corrected chi connectivity index (χ3v) is 3.31. The molecule has 0 aromatic carbocycles. The van der Waals surface area contributed by atoms with Crippen molar-refractivity contribution in [2.24, 2.45) is 0 Å². The van der Waals surface area contributed by atoms with E-state index in [4.69, 9.17) is 11.6 Å². The third-order valence-electron chi connectivity index (χ3n) is 2.94. The summed E-state index contributed by atoms with van der Waals surface area (Å²) in [4.78, 5) is 22.1. The quantitative estimate of drug-likeness (QED) is 0.762. The van der Waals surface area contributed by atoms with Crippen LogP contribution in [0.2, 0.25) is 5.15 Å². The Kier molecular flexibility index (Phi) is 3.19. The molecule has 1 unspecified atom stereocenters. The highest BCUT2D eigenvalue weighted by Gasteiger charge is 2.28. The summed E-state index contributed by atoms with van der Waals surface area (Å²) >= 11 is 6.04. The van der Waals surface area contributed by atoms with Crippen molar-refractivity contribution in [1.29, 1.82) is 0 Å². The van der Waals surface area contributed by atoms with Crippen molar-refractivity contribution in [2.75, 3.05) is 18.0 Å². The number of halogens is 1. The minimum absolute atomic E-state index is 0.0167. The van der Waals surface area contributed by atoms with E-state index in [2.05, 4.69) is 15.3 Å². The summed E-state index contributed by atoms with van der Waals surface area (Å²) in [6.07, 6.45) is 0. The van der Waals surface area contributed by atoms with E-state index in [-0.39, 0.29) is 11.9 Å². The predicted molar refractivity (Wildman–Crippen MR) is 66.3 cm³/mol. The Morgan fingerprint density at radius 3 is 2.82 bits per heavy atom. The Balaban J connectivity index is 2.42. The number of nitrogens with one attached hydrogen (secondary N) is 1. The lowest BCUT2D eigenvalue weighted by Gasteiger charge is -2.34. The van der Waals surface area contributed by atoms with Crippen LogP contribution in [-0.2, 0) is 4.79 Å². The molecule has 1 fully saturated rings. The molecular weight excluding hydrogens is 240 g/mol. The lowest BCUT2D eigenvalue weighted by molar-refractivity contribution is -0.122. The van der Waals surface area contributed by atoms with E-state index in [1.165, 1.54) is 0 Å². The Morgan fingerprint density at radius 2 is 2.12 bits per heavy atom. The number of hydrogen-bond acceptors (Lipinski definition) is 4. The van der Waals surface area contributed by atoms with Gasteiger partial charge in [-0.2, -0.15) is 0 Å². The summed E-state index contributed by atoms with van der Waals surface area (Å²) in [5, 5.41) is 3.27. The zero-order valence-electron chi connectivity index (χ0n) is 10.1. The van der Waals surface area contributed by atoms with Gasteiger partial charge in [-0.15, -0.1) is 0 Å². The molecule has 2 heterocycles. The molecule has 0 bridgehead atoms. The van der Waals surface area contributed by atoms with Crippen molar-refractivity contribution in [3.05, 3.63) is 16.5 Å². The summed E-state index contributed by atoms with van der Waals surface area (Å²) in [5.41, 5.74) is 0.818. The van der Waals surface area contributed by atoms with Crippen molar-refractivity contribution in [3.8, 4) is 0 Å². The molecule has 0 spiro atoms. The van der Waals surface area contributed by atoms with Crippen LogP contribution in [0.3, 0.4) is 0 Å². The van der Waals surface area contributed by atoms with Gasteiger partial charge in [-0.25, -0.2) is 9.97 Å². The van der Waals surface area contributed by atoms with Gasteiger partial charge in [0.05, 0.1) is 0 Å². The molecule has 17 heavy (non-hydrogen) atoms. The predicted octanol–water partition coefficient (Wildman–Crippen LogP) is 1.07. The molecule has 1 saturated heterocycles. The first-order chi connectivity index (χ1) is 8.00. The van der Waals surface area contributed by atoms with Gasteiger partial charge in [-0.3, -0.25) is 4.79 Å². The molecule has 1 aromatic rings. The summed E-state index contributed by atoms with van der Waals surface area (Å²) in [7, 11) is 0. The van der Waals surface area contributed by atoms with Gasteiger partial charge >= 0.3 is 0 Å². The molecule has 0 saturated carbocycles. The number of carbonyl (C=O) groups excluding carboxylic acids is 1. The van der Waals surface area contributed by atoms with Crippen LogP contribution in [0.5, 0.6) is 0 Å². The maximum Gasteiger partial charge on any atom is 0.242 e. The fourth-order valence-electron chi connectivity index (χ4n) is 1.93. The molecule has 0 aliphatic carbocycles. The second-order valence-corrected chi connectivity index (χ2v) is 4.53. The number of aromatic nitrogens is 2. The number of rotatable bonds is 1. The molecule has 1 aliphatic heterocycles. The summed E-state index contributed by atoms with van der Waals surface area (Å²) in [6.45, 7) is 6.89. The van der Waals surface area contributed by atoms with Gasteiger partial charge in [0, 0.05) is 18.7 Å². The highest BCUT2D eigenvalue weighted by Crippen LogP contribution is 2.25. The monoisotopic (exact) mass is 254 g/mol. The van der Waals surface area contributed by atoms with Gasteiger partial charge in [-0.05, 0) is 20.8 Å². The maximum absolute atomic E-state index is 11.6. The van der Waals surface area contributed by atoms with E-state index in [0.717, 1.165) is 17.9 Å². The topological polar surface area (TPSA) is 58.1 Å². The van der Waals surface area contributed by atoms with Gasteiger partial charge < -0.3 is 10.2 Å². The van der Waals surface area contributed by atoms with Crippen molar-refractivity contribution in [2.45, 2.75) is 26.8 Å². The molecule has 0 radical (unpaired) electrons. The summed E-state index contributed by atoms with van der Waals surface area (Å²) < 4.78 is 0. The van der Waals surface area contributed by atoms with Crippen LogP contribution in [0.15, 0.2) is 0 Å². The van der Waals surface area contributed by atoms with Crippen molar-refractivity contribution in [1.82, 2.24) is 15.3 Å². The lowest BCUT2D eigenvalue weighted by Crippen LogP contribution is -2.54. The Bertz CT molecular complexity index is 463. The van der Waals surface area contributed by atoms with E-state index >= 15 is 0 Å². The zero-order valence-corrected chi connectivity index (χ0v) is 10.9. The number of nitrogens with zero attached hydrogens (tertiary/aromatic N) is 3. The number of amides is 1. The first kappa shape index (κ1) is 12.1. The summed E-state index contributed by atoms with van der Waals surface area (Å²) in [5.74, 6) is 1.39. The van der Waals surface area contributed by atoms with Crippen LogP contribution in [0, 0.1) is 13.8 Å². The van der Waals surface area contributed by atoms with Crippen molar-refractivity contribution >= 4 is 23.3 Å². The molecule has 2 rings (SSSR count). The SMILES string of the molecule is Cc1nc(Cl)c(C)c(N2CCNC(=O)C2C)n1.